The van der Waals surface area contributed by atoms with Gasteiger partial charge < -0.3 is 24.5 Å². The summed E-state index contributed by atoms with van der Waals surface area (Å²) in [5.74, 6) is 0.316. The van der Waals surface area contributed by atoms with Crippen LogP contribution < -0.4 is 20.1 Å². The largest absolute Gasteiger partial charge is 0.494 e. The summed E-state index contributed by atoms with van der Waals surface area (Å²) in [4.78, 5) is 14.1. The van der Waals surface area contributed by atoms with Gasteiger partial charge in [0, 0.05) is 71.7 Å². The van der Waals surface area contributed by atoms with Crippen LogP contribution in [0.3, 0.4) is 0 Å². The Morgan fingerprint density at radius 3 is 2.38 bits per heavy atom. The Morgan fingerprint density at radius 1 is 0.960 bits per heavy atom. The zero-order valence-electron chi connectivity index (χ0n) is 30.6. The molecule has 2 heterocycles. The summed E-state index contributed by atoms with van der Waals surface area (Å²) >= 11 is 0. The Balaban J connectivity index is 1.63. The van der Waals surface area contributed by atoms with Crippen LogP contribution in [-0.4, -0.2) is 43.1 Å². The van der Waals surface area contributed by atoms with Crippen LogP contribution >= 0.6 is 0 Å². The van der Waals surface area contributed by atoms with E-state index in [0.29, 0.717) is 42.9 Å². The molecule has 0 unspecified atom stereocenters. The second kappa shape index (κ2) is 17.5. The van der Waals surface area contributed by atoms with E-state index in [9.17, 15) is 8.78 Å². The first-order valence-electron chi connectivity index (χ1n) is 17.3. The maximum absolute atomic E-state index is 14.9. The van der Waals surface area contributed by atoms with E-state index in [1.165, 1.54) is 12.1 Å². The number of hydrogen-bond donors (Lipinski definition) is 2. The molecule has 0 bridgehead atoms. The van der Waals surface area contributed by atoms with Crippen LogP contribution in [0.4, 0.5) is 26.0 Å². The summed E-state index contributed by atoms with van der Waals surface area (Å²) in [5, 5.41) is 6.79. The van der Waals surface area contributed by atoms with Crippen molar-refractivity contribution in [3.8, 4) is 11.5 Å². The van der Waals surface area contributed by atoms with Crippen LogP contribution in [0.5, 0.6) is 11.5 Å². The molecule has 2 aromatic heterocycles. The van der Waals surface area contributed by atoms with E-state index in [4.69, 9.17) is 23.9 Å². The molecule has 0 atom stereocenters. The maximum Gasteiger partial charge on any atom is 0.191 e. The molecular formula is C39H51F2N5O3Si. The van der Waals surface area contributed by atoms with Crippen molar-refractivity contribution in [3.63, 3.8) is 0 Å². The molecule has 4 rings (SSSR count). The Labute approximate surface area is 296 Å². The molecule has 0 saturated carbocycles. The van der Waals surface area contributed by atoms with Crippen molar-refractivity contribution in [1.29, 1.82) is 0 Å². The van der Waals surface area contributed by atoms with Crippen molar-refractivity contribution in [1.82, 2.24) is 15.0 Å². The van der Waals surface area contributed by atoms with Crippen LogP contribution in [0.2, 0.25) is 18.1 Å². The summed E-state index contributed by atoms with van der Waals surface area (Å²) < 4.78 is 47.7. The average Bonchev–Trinajstić information content (AvgIpc) is 3.05. The molecule has 0 saturated heterocycles. The van der Waals surface area contributed by atoms with Crippen molar-refractivity contribution in [2.45, 2.75) is 85.5 Å². The summed E-state index contributed by atoms with van der Waals surface area (Å²) in [5.41, 5.74) is 3.87. The van der Waals surface area contributed by atoms with Gasteiger partial charge in [0.15, 0.2) is 25.7 Å². The lowest BCUT2D eigenvalue weighted by atomic mass is 10.0. The van der Waals surface area contributed by atoms with Gasteiger partial charge in [0.1, 0.15) is 17.4 Å². The van der Waals surface area contributed by atoms with Crippen LogP contribution in [0.25, 0.3) is 5.57 Å². The monoisotopic (exact) mass is 703 g/mol. The molecule has 0 spiro atoms. The van der Waals surface area contributed by atoms with Gasteiger partial charge in [-0.25, -0.2) is 18.7 Å². The minimum atomic E-state index is -1.86. The topological polar surface area (TPSA) is 90.4 Å². The maximum atomic E-state index is 14.9. The number of aromatic nitrogens is 3. The number of nitrogens with one attached hydrogen (secondary N) is 2. The zero-order valence-corrected chi connectivity index (χ0v) is 31.6. The highest BCUT2D eigenvalue weighted by Crippen LogP contribution is 2.37. The molecule has 4 aromatic rings. The third-order valence-electron chi connectivity index (χ3n) is 8.71. The Morgan fingerprint density at radius 2 is 1.70 bits per heavy atom. The molecule has 0 aliphatic carbocycles. The summed E-state index contributed by atoms with van der Waals surface area (Å²) in [6.07, 6.45) is 7.91. The van der Waals surface area contributed by atoms with Gasteiger partial charge in [0.25, 0.3) is 0 Å². The van der Waals surface area contributed by atoms with Crippen molar-refractivity contribution in [2.24, 2.45) is 0 Å². The number of unbranched alkanes of at least 4 members (excludes halogenated alkanes) is 1. The molecule has 0 amide bonds. The van der Waals surface area contributed by atoms with Crippen molar-refractivity contribution in [2.75, 3.05) is 30.5 Å². The molecule has 2 aromatic carbocycles. The molecular weight excluding hydrogens is 653 g/mol. The quantitative estimate of drug-likeness (QED) is 0.0830. The number of rotatable bonds is 17. The smallest absolute Gasteiger partial charge is 0.191 e. The highest BCUT2D eigenvalue weighted by molar-refractivity contribution is 6.74. The minimum absolute atomic E-state index is 0.0664. The predicted octanol–water partition coefficient (Wildman–Crippen LogP) is 10.2. The molecule has 2 N–H and O–H groups in total. The summed E-state index contributed by atoms with van der Waals surface area (Å²) in [6.45, 7) is 18.3. The molecule has 0 aliphatic heterocycles. The predicted molar refractivity (Wildman–Crippen MR) is 201 cm³/mol. The molecule has 0 aliphatic rings. The number of allylic oxidation sites excluding steroid dienone is 1. The van der Waals surface area contributed by atoms with Crippen molar-refractivity contribution >= 4 is 31.1 Å². The number of pyridine rings is 1. The average molecular weight is 704 g/mol. The van der Waals surface area contributed by atoms with Crippen LogP contribution in [0.15, 0.2) is 67.0 Å². The van der Waals surface area contributed by atoms with Crippen LogP contribution in [0, 0.1) is 18.6 Å². The molecule has 8 nitrogen and oxygen atoms in total. The van der Waals surface area contributed by atoms with Gasteiger partial charge in [0.2, 0.25) is 0 Å². The molecule has 0 fully saturated rings. The van der Waals surface area contributed by atoms with E-state index < -0.39 is 20.0 Å². The van der Waals surface area contributed by atoms with E-state index in [0.717, 1.165) is 41.8 Å². The minimum Gasteiger partial charge on any atom is -0.494 e. The van der Waals surface area contributed by atoms with Crippen molar-refractivity contribution in [3.05, 3.63) is 101 Å². The molecule has 268 valence electrons. The Kier molecular flexibility index (Phi) is 13.5. The van der Waals surface area contributed by atoms with Gasteiger partial charge >= 0.3 is 0 Å². The first-order valence-corrected chi connectivity index (χ1v) is 20.2. The molecule has 50 heavy (non-hydrogen) atoms. The Bertz CT molecular complexity index is 1740. The Hall–Kier alpha value is -4.35. The first kappa shape index (κ1) is 38.4. The zero-order chi connectivity index (χ0) is 36.3. The van der Waals surface area contributed by atoms with Gasteiger partial charge in [-0.3, -0.25) is 4.98 Å². The van der Waals surface area contributed by atoms with Gasteiger partial charge in [-0.15, -0.1) is 0 Å². The summed E-state index contributed by atoms with van der Waals surface area (Å²) in [7, 11) is -1.86. The SMILES string of the molecule is CCC/C=C(/c1ncc(OCCCO[Si](C)(C)C(C)(C)C)c(Nc2ccnc(C)c2)n1)c1ccccc1NCc1c(F)cc(OCC)cc1F. The van der Waals surface area contributed by atoms with Gasteiger partial charge in [-0.2, -0.15) is 0 Å². The highest BCUT2D eigenvalue weighted by Gasteiger charge is 2.36. The molecule has 11 heteroatoms. The van der Waals surface area contributed by atoms with E-state index in [-0.39, 0.29) is 22.9 Å². The van der Waals surface area contributed by atoms with Gasteiger partial charge in [-0.1, -0.05) is 58.4 Å². The number of ether oxygens (including phenoxy) is 2. The van der Waals surface area contributed by atoms with Crippen LogP contribution in [0.1, 0.15) is 76.5 Å². The number of benzene rings is 2. The lowest BCUT2D eigenvalue weighted by molar-refractivity contribution is 0.233. The van der Waals surface area contributed by atoms with E-state index in [2.05, 4.69) is 62.5 Å². The highest BCUT2D eigenvalue weighted by atomic mass is 28.4. The van der Waals surface area contributed by atoms with Gasteiger partial charge in [-0.05, 0) is 56.6 Å². The van der Waals surface area contributed by atoms with Crippen molar-refractivity contribution < 1.29 is 22.7 Å². The summed E-state index contributed by atoms with van der Waals surface area (Å²) in [6, 6.07) is 13.8. The molecule has 0 radical (unpaired) electrons. The lowest BCUT2D eigenvalue weighted by Crippen LogP contribution is -2.41. The fraction of sp³-hybridized carbons (Fsp3) is 0.410. The third kappa shape index (κ3) is 10.3. The number of anilines is 3. The first-order chi connectivity index (χ1) is 23.8. The second-order valence-corrected chi connectivity index (χ2v) is 18.4. The number of nitrogens with zero attached hydrogens (tertiary/aromatic N) is 3. The van der Waals surface area contributed by atoms with E-state index in [1.54, 1.807) is 19.3 Å². The third-order valence-corrected chi connectivity index (χ3v) is 13.2. The fourth-order valence-electron chi connectivity index (χ4n) is 4.91. The van der Waals surface area contributed by atoms with E-state index >= 15 is 0 Å². The van der Waals surface area contributed by atoms with Gasteiger partial charge in [0.05, 0.1) is 19.4 Å². The number of halogens is 2. The lowest BCUT2D eigenvalue weighted by Gasteiger charge is -2.36. The van der Waals surface area contributed by atoms with E-state index in [1.807, 2.05) is 43.3 Å². The number of hydrogen-bond acceptors (Lipinski definition) is 8. The standard InChI is InChI=1S/C39H51F2N5O3Si/c1-9-11-15-31(30-16-12-13-17-35(30)43-25-32-33(40)23-29(47-10-2)24-34(32)41)37-44-26-36(38(46-37)45-28-18-19-42-27(3)22-28)48-20-14-21-49-50(7,8)39(4,5)6/h12-13,15-19,22-24,26,43H,9-11,14,20-21,25H2,1-8H3,(H,42,44,45,46)/b31-15+. The number of aryl methyl sites for hydroxylation is 1. The normalized spacial score (nSPS) is 12.2. The number of para-hydroxylation sites is 1. The van der Waals surface area contributed by atoms with Crippen LogP contribution in [-0.2, 0) is 11.0 Å². The fourth-order valence-corrected chi connectivity index (χ4v) is 5.99. The second-order valence-electron chi connectivity index (χ2n) is 13.6.